The Bertz CT molecular complexity index is 479. The molecule has 1 atom stereocenters. The van der Waals surface area contributed by atoms with Crippen LogP contribution in [0.4, 0.5) is 4.79 Å². The fourth-order valence-electron chi connectivity index (χ4n) is 4.08. The highest BCUT2D eigenvalue weighted by atomic mass is 35.5. The van der Waals surface area contributed by atoms with Crippen LogP contribution < -0.4 is 16.0 Å². The van der Waals surface area contributed by atoms with E-state index in [1.54, 1.807) is 7.11 Å². The molecule has 164 valence electrons. The van der Waals surface area contributed by atoms with Gasteiger partial charge in [0.1, 0.15) is 0 Å². The summed E-state index contributed by atoms with van der Waals surface area (Å²) in [6.45, 7) is 9.62. The van der Waals surface area contributed by atoms with E-state index in [2.05, 4.69) is 29.8 Å². The van der Waals surface area contributed by atoms with Crippen LogP contribution in [0, 0.1) is 17.3 Å². The lowest BCUT2D eigenvalue weighted by Crippen LogP contribution is -2.48. The first-order valence-corrected chi connectivity index (χ1v) is 10.4. The van der Waals surface area contributed by atoms with Gasteiger partial charge in [-0.3, -0.25) is 4.79 Å². The van der Waals surface area contributed by atoms with Crippen molar-refractivity contribution < 1.29 is 14.3 Å². The van der Waals surface area contributed by atoms with Crippen molar-refractivity contribution in [3.63, 3.8) is 0 Å². The average Bonchev–Trinajstić information content (AvgIpc) is 2.66. The third kappa shape index (κ3) is 8.13. The molecular formula is C20H39ClN4O3. The van der Waals surface area contributed by atoms with Crippen molar-refractivity contribution in [3.05, 3.63) is 0 Å². The van der Waals surface area contributed by atoms with Crippen LogP contribution in [0.5, 0.6) is 0 Å². The molecule has 0 radical (unpaired) electrons. The van der Waals surface area contributed by atoms with E-state index in [9.17, 15) is 9.59 Å². The van der Waals surface area contributed by atoms with Crippen molar-refractivity contribution in [2.24, 2.45) is 17.3 Å². The summed E-state index contributed by atoms with van der Waals surface area (Å²) in [4.78, 5) is 26.6. The first-order chi connectivity index (χ1) is 12.9. The number of nitrogens with one attached hydrogen (secondary N) is 3. The molecule has 0 bridgehead atoms. The number of hydrogen-bond acceptors (Lipinski definition) is 4. The number of amides is 3. The van der Waals surface area contributed by atoms with Gasteiger partial charge in [0.05, 0.1) is 6.61 Å². The fourth-order valence-corrected chi connectivity index (χ4v) is 4.08. The zero-order valence-electron chi connectivity index (χ0n) is 17.7. The van der Waals surface area contributed by atoms with E-state index >= 15 is 0 Å². The molecule has 0 aromatic rings. The number of halogens is 1. The van der Waals surface area contributed by atoms with E-state index in [4.69, 9.17) is 4.74 Å². The van der Waals surface area contributed by atoms with Crippen LogP contribution in [0.15, 0.2) is 0 Å². The molecule has 3 N–H and O–H groups in total. The van der Waals surface area contributed by atoms with Crippen molar-refractivity contribution in [1.29, 1.82) is 0 Å². The molecule has 1 unspecified atom stereocenters. The Kier molecular flexibility index (Phi) is 11.2. The topological polar surface area (TPSA) is 82.7 Å². The Balaban J connectivity index is 0.00000392. The highest BCUT2D eigenvalue weighted by molar-refractivity contribution is 5.85. The Morgan fingerprint density at radius 2 is 1.96 bits per heavy atom. The molecule has 8 heteroatoms. The number of nitrogens with zero attached hydrogens (tertiary/aromatic N) is 1. The van der Waals surface area contributed by atoms with Gasteiger partial charge >= 0.3 is 6.03 Å². The van der Waals surface area contributed by atoms with E-state index in [0.29, 0.717) is 38.6 Å². The molecule has 0 saturated carbocycles. The number of likely N-dealkylation sites (tertiary alicyclic amines) is 1. The van der Waals surface area contributed by atoms with Crippen LogP contribution in [0.1, 0.15) is 46.0 Å². The van der Waals surface area contributed by atoms with Crippen LogP contribution in [-0.2, 0) is 9.53 Å². The van der Waals surface area contributed by atoms with E-state index in [1.165, 1.54) is 0 Å². The molecule has 7 nitrogen and oxygen atoms in total. The van der Waals surface area contributed by atoms with Gasteiger partial charge in [-0.2, -0.15) is 0 Å². The van der Waals surface area contributed by atoms with E-state index in [-0.39, 0.29) is 35.7 Å². The Labute approximate surface area is 176 Å². The number of urea groups is 1. The van der Waals surface area contributed by atoms with Crippen LogP contribution in [0.2, 0.25) is 0 Å². The first kappa shape index (κ1) is 25.0. The smallest absolute Gasteiger partial charge is 0.317 e. The van der Waals surface area contributed by atoms with Gasteiger partial charge < -0.3 is 25.6 Å². The number of ether oxygens (including phenoxy) is 1. The number of hydrogen-bond donors (Lipinski definition) is 3. The normalized spacial score (nSPS) is 21.7. The zero-order chi connectivity index (χ0) is 19.7. The lowest BCUT2D eigenvalue weighted by atomic mass is 9.79. The molecule has 2 saturated heterocycles. The molecule has 0 spiro atoms. The second kappa shape index (κ2) is 12.5. The molecule has 2 aliphatic heterocycles. The van der Waals surface area contributed by atoms with Crippen LogP contribution in [0.3, 0.4) is 0 Å². The maximum atomic E-state index is 12.5. The van der Waals surface area contributed by atoms with Crippen molar-refractivity contribution >= 4 is 24.3 Å². The maximum Gasteiger partial charge on any atom is 0.317 e. The highest BCUT2D eigenvalue weighted by Crippen LogP contribution is 2.28. The predicted molar refractivity (Wildman–Crippen MR) is 114 cm³/mol. The van der Waals surface area contributed by atoms with Gasteiger partial charge in [0.2, 0.25) is 5.91 Å². The second-order valence-electron chi connectivity index (χ2n) is 8.70. The van der Waals surface area contributed by atoms with Crippen molar-refractivity contribution in [2.75, 3.05) is 53.0 Å². The Hall–Kier alpha value is -1.05. The SMILES string of the molecule is COCC1(CNC(=O)CC2CCCN(C(=O)NCC(C)C)C2)CCNCC1.Cl. The Morgan fingerprint density at radius 3 is 2.61 bits per heavy atom. The summed E-state index contributed by atoms with van der Waals surface area (Å²) >= 11 is 0. The lowest BCUT2D eigenvalue weighted by molar-refractivity contribution is -0.123. The minimum atomic E-state index is 0. The van der Waals surface area contributed by atoms with Crippen LogP contribution in [0.25, 0.3) is 0 Å². The molecule has 3 amide bonds. The lowest BCUT2D eigenvalue weighted by Gasteiger charge is -2.37. The molecular weight excluding hydrogens is 380 g/mol. The van der Waals surface area contributed by atoms with Gasteiger partial charge in [-0.15, -0.1) is 12.4 Å². The average molecular weight is 419 g/mol. The molecule has 0 aromatic carbocycles. The molecule has 0 aromatic heterocycles. The third-order valence-electron chi connectivity index (χ3n) is 5.72. The quantitative estimate of drug-likeness (QED) is 0.563. The summed E-state index contributed by atoms with van der Waals surface area (Å²) in [7, 11) is 1.73. The standard InChI is InChI=1S/C20H38N4O3.ClH/c1-16(2)12-22-19(26)24-10-4-5-17(13-24)11-18(25)23-14-20(15-27-3)6-8-21-9-7-20;/h16-17,21H,4-15H2,1-3H3,(H,22,26)(H,23,25);1H. The molecule has 28 heavy (non-hydrogen) atoms. The van der Waals surface area contributed by atoms with Gasteiger partial charge in [-0.25, -0.2) is 4.79 Å². The summed E-state index contributed by atoms with van der Waals surface area (Å²) in [5.41, 5.74) is 0.0466. The van der Waals surface area contributed by atoms with E-state index in [0.717, 1.165) is 45.3 Å². The third-order valence-corrected chi connectivity index (χ3v) is 5.72. The second-order valence-corrected chi connectivity index (χ2v) is 8.70. The summed E-state index contributed by atoms with van der Waals surface area (Å²) in [5.74, 6) is 0.781. The monoisotopic (exact) mass is 418 g/mol. The first-order valence-electron chi connectivity index (χ1n) is 10.4. The molecule has 2 rings (SSSR count). The van der Waals surface area contributed by atoms with Gasteiger partial charge in [0, 0.05) is 45.1 Å². The number of piperidine rings is 2. The maximum absolute atomic E-state index is 12.5. The largest absolute Gasteiger partial charge is 0.384 e. The Morgan fingerprint density at radius 1 is 1.25 bits per heavy atom. The minimum Gasteiger partial charge on any atom is -0.384 e. The number of carbonyl (C=O) groups is 2. The van der Waals surface area contributed by atoms with Gasteiger partial charge in [-0.1, -0.05) is 13.8 Å². The summed E-state index contributed by atoms with van der Waals surface area (Å²) < 4.78 is 5.42. The molecule has 2 fully saturated rings. The van der Waals surface area contributed by atoms with Crippen LogP contribution >= 0.6 is 12.4 Å². The van der Waals surface area contributed by atoms with Gasteiger partial charge in [-0.05, 0) is 50.6 Å². The fraction of sp³-hybridized carbons (Fsp3) is 0.900. The molecule has 2 heterocycles. The summed E-state index contributed by atoms with van der Waals surface area (Å²) in [5, 5.41) is 9.50. The summed E-state index contributed by atoms with van der Waals surface area (Å²) in [6.07, 6.45) is 4.51. The van der Waals surface area contributed by atoms with Gasteiger partial charge in [0.25, 0.3) is 0 Å². The van der Waals surface area contributed by atoms with Crippen molar-refractivity contribution in [2.45, 2.75) is 46.0 Å². The highest BCUT2D eigenvalue weighted by Gasteiger charge is 2.33. The number of methoxy groups -OCH3 is 1. The van der Waals surface area contributed by atoms with E-state index < -0.39 is 0 Å². The van der Waals surface area contributed by atoms with Crippen molar-refractivity contribution in [1.82, 2.24) is 20.9 Å². The zero-order valence-corrected chi connectivity index (χ0v) is 18.5. The van der Waals surface area contributed by atoms with Gasteiger partial charge in [0.15, 0.2) is 0 Å². The molecule has 2 aliphatic rings. The molecule has 0 aliphatic carbocycles. The van der Waals surface area contributed by atoms with Crippen LogP contribution in [-0.4, -0.2) is 69.8 Å². The summed E-state index contributed by atoms with van der Waals surface area (Å²) in [6, 6.07) is 0.00237. The number of rotatable bonds is 8. The number of carbonyl (C=O) groups excluding carboxylic acids is 2. The predicted octanol–water partition coefficient (Wildman–Crippen LogP) is 2.01. The van der Waals surface area contributed by atoms with Crippen molar-refractivity contribution in [3.8, 4) is 0 Å². The minimum absolute atomic E-state index is 0. The van der Waals surface area contributed by atoms with E-state index in [1.807, 2.05) is 4.90 Å².